The van der Waals surface area contributed by atoms with Crippen molar-refractivity contribution in [1.29, 1.82) is 0 Å². The predicted octanol–water partition coefficient (Wildman–Crippen LogP) is 1.92. The van der Waals surface area contributed by atoms with E-state index in [4.69, 9.17) is 0 Å². The molecule has 0 spiro atoms. The lowest BCUT2D eigenvalue weighted by atomic mass is 9.98. The summed E-state index contributed by atoms with van der Waals surface area (Å²) in [6.07, 6.45) is 1.87. The second-order valence-corrected chi connectivity index (χ2v) is 7.67. The van der Waals surface area contributed by atoms with E-state index in [1.807, 2.05) is 27.0 Å². The third-order valence-electron chi connectivity index (χ3n) is 3.90. The van der Waals surface area contributed by atoms with Crippen molar-refractivity contribution < 1.29 is 8.42 Å². The highest BCUT2D eigenvalue weighted by Gasteiger charge is 2.29. The molecule has 0 aliphatic carbocycles. The Hall–Kier alpha value is -0.910. The van der Waals surface area contributed by atoms with Gasteiger partial charge in [-0.2, -0.15) is 4.31 Å². The van der Waals surface area contributed by atoms with Gasteiger partial charge in [0.1, 0.15) is 0 Å². The minimum absolute atomic E-state index is 0.432. The van der Waals surface area contributed by atoms with Gasteiger partial charge < -0.3 is 5.32 Å². The lowest BCUT2D eigenvalue weighted by Crippen LogP contribution is -2.40. The monoisotopic (exact) mass is 296 g/mol. The predicted molar refractivity (Wildman–Crippen MR) is 81.3 cm³/mol. The number of hydrogen-bond acceptors (Lipinski definition) is 3. The Morgan fingerprint density at radius 2 is 1.70 bits per heavy atom. The Bertz CT molecular complexity index is 541. The fourth-order valence-electron chi connectivity index (χ4n) is 2.87. The first-order valence-electron chi connectivity index (χ1n) is 7.16. The van der Waals surface area contributed by atoms with E-state index in [2.05, 4.69) is 5.32 Å². The number of sulfonamides is 1. The van der Waals surface area contributed by atoms with Gasteiger partial charge in [-0.05, 0) is 69.5 Å². The van der Waals surface area contributed by atoms with Gasteiger partial charge in [0.05, 0.1) is 4.90 Å². The largest absolute Gasteiger partial charge is 0.319 e. The molecule has 0 unspecified atom stereocenters. The standard InChI is InChI=1S/C15H24N2O2S/c1-12-8-13(2)10-15(9-12)20(18,19)17-6-4-14(5-7-17)11-16-3/h8-10,14,16H,4-7,11H2,1-3H3. The molecule has 112 valence electrons. The van der Waals surface area contributed by atoms with E-state index in [9.17, 15) is 8.42 Å². The summed E-state index contributed by atoms with van der Waals surface area (Å²) in [5, 5.41) is 3.17. The van der Waals surface area contributed by atoms with Gasteiger partial charge in [-0.3, -0.25) is 0 Å². The molecule has 0 atom stereocenters. The summed E-state index contributed by atoms with van der Waals surface area (Å²) < 4.78 is 27.0. The van der Waals surface area contributed by atoms with Crippen LogP contribution in [0.3, 0.4) is 0 Å². The second kappa shape index (κ2) is 6.24. The molecule has 1 N–H and O–H groups in total. The van der Waals surface area contributed by atoms with Gasteiger partial charge in [-0.25, -0.2) is 8.42 Å². The van der Waals surface area contributed by atoms with Crippen LogP contribution >= 0.6 is 0 Å². The number of aryl methyl sites for hydroxylation is 2. The maximum Gasteiger partial charge on any atom is 0.243 e. The van der Waals surface area contributed by atoms with E-state index in [0.717, 1.165) is 30.5 Å². The average Bonchev–Trinajstić information content (AvgIpc) is 2.38. The van der Waals surface area contributed by atoms with Gasteiger partial charge in [0.25, 0.3) is 0 Å². The van der Waals surface area contributed by atoms with Crippen LogP contribution in [0.4, 0.5) is 0 Å². The maximum atomic E-state index is 12.7. The molecular formula is C15H24N2O2S. The van der Waals surface area contributed by atoms with Gasteiger partial charge in [0.2, 0.25) is 10.0 Å². The van der Waals surface area contributed by atoms with Crippen LogP contribution < -0.4 is 5.32 Å². The smallest absolute Gasteiger partial charge is 0.243 e. The zero-order valence-electron chi connectivity index (χ0n) is 12.5. The zero-order valence-corrected chi connectivity index (χ0v) is 13.3. The molecule has 1 fully saturated rings. The van der Waals surface area contributed by atoms with Crippen molar-refractivity contribution in [2.75, 3.05) is 26.7 Å². The first-order chi connectivity index (χ1) is 9.43. The van der Waals surface area contributed by atoms with E-state index < -0.39 is 10.0 Å². The Labute approximate surface area is 122 Å². The molecule has 0 amide bonds. The molecular weight excluding hydrogens is 272 g/mol. The first kappa shape index (κ1) is 15.5. The molecule has 1 aliphatic heterocycles. The van der Waals surface area contributed by atoms with Crippen molar-refractivity contribution in [3.8, 4) is 0 Å². The SMILES string of the molecule is CNCC1CCN(S(=O)(=O)c2cc(C)cc(C)c2)CC1. The highest BCUT2D eigenvalue weighted by molar-refractivity contribution is 7.89. The molecule has 0 aromatic heterocycles. The van der Waals surface area contributed by atoms with Crippen LogP contribution in [0.25, 0.3) is 0 Å². The first-order valence-corrected chi connectivity index (χ1v) is 8.60. The molecule has 5 heteroatoms. The molecule has 0 saturated carbocycles. The van der Waals surface area contributed by atoms with Crippen LogP contribution in [0.5, 0.6) is 0 Å². The highest BCUT2D eigenvalue weighted by Crippen LogP contribution is 2.24. The van der Waals surface area contributed by atoms with Gasteiger partial charge in [-0.15, -0.1) is 0 Å². The summed E-state index contributed by atoms with van der Waals surface area (Å²) in [5.41, 5.74) is 1.99. The number of piperidine rings is 1. The maximum absolute atomic E-state index is 12.7. The van der Waals surface area contributed by atoms with Crippen molar-refractivity contribution >= 4 is 10.0 Å². The summed E-state index contributed by atoms with van der Waals surface area (Å²) in [4.78, 5) is 0.432. The van der Waals surface area contributed by atoms with Gasteiger partial charge in [-0.1, -0.05) is 6.07 Å². The third-order valence-corrected chi connectivity index (χ3v) is 5.78. The normalized spacial score (nSPS) is 18.4. The van der Waals surface area contributed by atoms with E-state index in [1.54, 1.807) is 16.4 Å². The summed E-state index contributed by atoms with van der Waals surface area (Å²) in [6.45, 7) is 6.09. The molecule has 1 aromatic rings. The van der Waals surface area contributed by atoms with Crippen LogP contribution in [0.2, 0.25) is 0 Å². The van der Waals surface area contributed by atoms with Crippen LogP contribution in [0.15, 0.2) is 23.1 Å². The van der Waals surface area contributed by atoms with Crippen molar-refractivity contribution in [3.63, 3.8) is 0 Å². The molecule has 4 nitrogen and oxygen atoms in total. The molecule has 1 saturated heterocycles. The highest BCUT2D eigenvalue weighted by atomic mass is 32.2. The topological polar surface area (TPSA) is 49.4 Å². The third kappa shape index (κ3) is 3.40. The van der Waals surface area contributed by atoms with E-state index in [0.29, 0.717) is 23.9 Å². The lowest BCUT2D eigenvalue weighted by Gasteiger charge is -2.31. The van der Waals surface area contributed by atoms with E-state index >= 15 is 0 Å². The summed E-state index contributed by atoms with van der Waals surface area (Å²) in [5.74, 6) is 0.589. The van der Waals surface area contributed by atoms with Crippen molar-refractivity contribution in [1.82, 2.24) is 9.62 Å². The fraction of sp³-hybridized carbons (Fsp3) is 0.600. The van der Waals surface area contributed by atoms with Crippen LogP contribution in [0, 0.1) is 19.8 Å². The van der Waals surface area contributed by atoms with Crippen molar-refractivity contribution in [3.05, 3.63) is 29.3 Å². The number of rotatable bonds is 4. The summed E-state index contributed by atoms with van der Waals surface area (Å²) in [6, 6.07) is 5.53. The van der Waals surface area contributed by atoms with Crippen molar-refractivity contribution in [2.45, 2.75) is 31.6 Å². The van der Waals surface area contributed by atoms with Gasteiger partial charge >= 0.3 is 0 Å². The Morgan fingerprint density at radius 3 is 2.20 bits per heavy atom. The Morgan fingerprint density at radius 1 is 1.15 bits per heavy atom. The molecule has 1 heterocycles. The average molecular weight is 296 g/mol. The number of hydrogen-bond donors (Lipinski definition) is 1. The van der Waals surface area contributed by atoms with Crippen LogP contribution in [-0.4, -0.2) is 39.4 Å². The lowest BCUT2D eigenvalue weighted by molar-refractivity contribution is 0.270. The quantitative estimate of drug-likeness (QED) is 0.923. The number of benzene rings is 1. The summed E-state index contributed by atoms with van der Waals surface area (Å²) >= 11 is 0. The van der Waals surface area contributed by atoms with Gasteiger partial charge in [0.15, 0.2) is 0 Å². The number of nitrogens with zero attached hydrogens (tertiary/aromatic N) is 1. The van der Waals surface area contributed by atoms with Crippen molar-refractivity contribution in [2.24, 2.45) is 5.92 Å². The molecule has 0 bridgehead atoms. The Kier molecular flexibility index (Phi) is 4.83. The van der Waals surface area contributed by atoms with Gasteiger partial charge in [0, 0.05) is 13.1 Å². The molecule has 2 rings (SSSR count). The minimum atomic E-state index is -3.33. The molecule has 1 aliphatic rings. The van der Waals surface area contributed by atoms with E-state index in [1.165, 1.54) is 0 Å². The Balaban J connectivity index is 2.15. The molecule has 20 heavy (non-hydrogen) atoms. The van der Waals surface area contributed by atoms with Crippen LogP contribution in [0.1, 0.15) is 24.0 Å². The van der Waals surface area contributed by atoms with Crippen LogP contribution in [-0.2, 0) is 10.0 Å². The van der Waals surface area contributed by atoms with E-state index in [-0.39, 0.29) is 0 Å². The minimum Gasteiger partial charge on any atom is -0.319 e. The number of nitrogens with one attached hydrogen (secondary N) is 1. The second-order valence-electron chi connectivity index (χ2n) is 5.73. The molecule has 1 aromatic carbocycles. The summed E-state index contributed by atoms with van der Waals surface area (Å²) in [7, 11) is -1.39. The fourth-order valence-corrected chi connectivity index (χ4v) is 4.53. The zero-order chi connectivity index (χ0) is 14.8. The molecule has 0 radical (unpaired) electrons.